The second-order valence-electron chi connectivity index (χ2n) is 8.63. The first kappa shape index (κ1) is 27.7. The number of pyridine rings is 1. The quantitative estimate of drug-likeness (QED) is 0.382. The number of ether oxygens (including phenoxy) is 1. The highest BCUT2D eigenvalue weighted by molar-refractivity contribution is 5.95. The molecule has 1 amide bonds. The molecular formula is C27H26F3N5O4. The summed E-state index contributed by atoms with van der Waals surface area (Å²) in [7, 11) is 0. The lowest BCUT2D eigenvalue weighted by atomic mass is 10.1. The number of carbonyl (C=O) groups is 2. The van der Waals surface area contributed by atoms with Gasteiger partial charge in [0.15, 0.2) is 0 Å². The van der Waals surface area contributed by atoms with Crippen molar-refractivity contribution in [2.75, 3.05) is 39.4 Å². The number of benzene rings is 2. The van der Waals surface area contributed by atoms with Gasteiger partial charge in [-0.15, -0.1) is 0 Å². The van der Waals surface area contributed by atoms with Gasteiger partial charge >= 0.3 is 12.1 Å². The molecule has 2 N–H and O–H groups in total. The standard InChI is InChI=1S/C25H25N5O2.C2HF3O2/c31-25(27-9-10-29-11-13-32-14-12-29)20-3-1-5-23(15-20)30-24-16-19(6-7-22(24)18-28-30)21-4-2-8-26-17-21;3-2(4,5)1(6)7/h1-8,15-18H,9-14H2,(H,27,31);(H,6,7). The minimum absolute atomic E-state index is 0.0763. The number of halogens is 3. The van der Waals surface area contributed by atoms with E-state index in [1.165, 1.54) is 0 Å². The topological polar surface area (TPSA) is 110 Å². The summed E-state index contributed by atoms with van der Waals surface area (Å²) in [6, 6.07) is 17.8. The Bertz CT molecular complexity index is 1420. The number of carboxylic acids is 1. The van der Waals surface area contributed by atoms with E-state index in [0.29, 0.717) is 12.1 Å². The number of amides is 1. The van der Waals surface area contributed by atoms with Crippen LogP contribution in [-0.2, 0) is 9.53 Å². The number of aromatic nitrogens is 3. The van der Waals surface area contributed by atoms with Crippen LogP contribution in [0.1, 0.15) is 10.4 Å². The highest BCUT2D eigenvalue weighted by atomic mass is 19.4. The summed E-state index contributed by atoms with van der Waals surface area (Å²) >= 11 is 0. The van der Waals surface area contributed by atoms with Crippen molar-refractivity contribution >= 4 is 22.8 Å². The summed E-state index contributed by atoms with van der Waals surface area (Å²) in [4.78, 5) is 28.1. The SMILES string of the molecule is O=C(NCCN1CCOCC1)c1cccc(-n2ncc3ccc(-c4cccnc4)cc32)c1.O=C(O)C(F)(F)F. The highest BCUT2D eigenvalue weighted by Gasteiger charge is 2.38. The molecule has 1 fully saturated rings. The molecule has 12 heteroatoms. The Morgan fingerprint density at radius 1 is 1.00 bits per heavy atom. The van der Waals surface area contributed by atoms with Gasteiger partial charge in [0.1, 0.15) is 0 Å². The highest BCUT2D eigenvalue weighted by Crippen LogP contribution is 2.26. The van der Waals surface area contributed by atoms with Crippen LogP contribution in [0.5, 0.6) is 0 Å². The van der Waals surface area contributed by atoms with Crippen LogP contribution in [0.25, 0.3) is 27.7 Å². The molecule has 0 unspecified atom stereocenters. The number of aliphatic carboxylic acids is 1. The fourth-order valence-corrected chi connectivity index (χ4v) is 3.97. The molecule has 2 aromatic carbocycles. The summed E-state index contributed by atoms with van der Waals surface area (Å²) in [5.41, 5.74) is 4.58. The number of nitrogens with zero attached hydrogens (tertiary/aromatic N) is 4. The van der Waals surface area contributed by atoms with Gasteiger partial charge < -0.3 is 15.2 Å². The minimum Gasteiger partial charge on any atom is -0.475 e. The van der Waals surface area contributed by atoms with Crippen LogP contribution < -0.4 is 5.32 Å². The summed E-state index contributed by atoms with van der Waals surface area (Å²) in [5.74, 6) is -2.83. The molecule has 204 valence electrons. The third-order valence-corrected chi connectivity index (χ3v) is 5.98. The lowest BCUT2D eigenvalue weighted by Gasteiger charge is -2.26. The third-order valence-electron chi connectivity index (χ3n) is 5.98. The molecule has 0 aliphatic carbocycles. The lowest BCUT2D eigenvalue weighted by Crippen LogP contribution is -2.41. The van der Waals surface area contributed by atoms with Gasteiger partial charge in [-0.1, -0.05) is 24.3 Å². The fraction of sp³-hybridized carbons (Fsp3) is 0.259. The maximum Gasteiger partial charge on any atom is 0.490 e. The fourth-order valence-electron chi connectivity index (χ4n) is 3.97. The summed E-state index contributed by atoms with van der Waals surface area (Å²) < 4.78 is 39.0. The number of rotatable bonds is 6. The molecule has 3 heterocycles. The molecule has 2 aromatic heterocycles. The predicted octanol–water partition coefficient (Wildman–Crippen LogP) is 3.78. The van der Waals surface area contributed by atoms with Gasteiger partial charge in [0.2, 0.25) is 0 Å². The molecule has 0 bridgehead atoms. The Balaban J connectivity index is 0.000000448. The van der Waals surface area contributed by atoms with Crippen molar-refractivity contribution in [3.05, 3.63) is 78.8 Å². The van der Waals surface area contributed by atoms with Gasteiger partial charge in [0.25, 0.3) is 5.91 Å². The van der Waals surface area contributed by atoms with Crippen molar-refractivity contribution in [1.82, 2.24) is 25.0 Å². The van der Waals surface area contributed by atoms with E-state index < -0.39 is 12.1 Å². The van der Waals surface area contributed by atoms with Crippen molar-refractivity contribution in [3.63, 3.8) is 0 Å². The van der Waals surface area contributed by atoms with Crippen LogP contribution in [0, 0.1) is 0 Å². The van der Waals surface area contributed by atoms with Gasteiger partial charge in [0.05, 0.1) is 30.6 Å². The van der Waals surface area contributed by atoms with Gasteiger partial charge in [-0.3, -0.25) is 14.7 Å². The van der Waals surface area contributed by atoms with Crippen molar-refractivity contribution in [2.45, 2.75) is 6.18 Å². The van der Waals surface area contributed by atoms with Gasteiger partial charge in [-0.2, -0.15) is 18.3 Å². The molecule has 1 aliphatic heterocycles. The number of hydrogen-bond donors (Lipinski definition) is 2. The summed E-state index contributed by atoms with van der Waals surface area (Å²) in [5, 5.41) is 15.8. The van der Waals surface area contributed by atoms with E-state index in [2.05, 4.69) is 38.5 Å². The van der Waals surface area contributed by atoms with E-state index in [4.69, 9.17) is 14.6 Å². The normalized spacial score (nSPS) is 13.9. The van der Waals surface area contributed by atoms with E-state index in [-0.39, 0.29) is 5.91 Å². The third kappa shape index (κ3) is 7.39. The Hall–Kier alpha value is -4.29. The number of alkyl halides is 3. The van der Waals surface area contributed by atoms with Crippen LogP contribution in [0.3, 0.4) is 0 Å². The van der Waals surface area contributed by atoms with Gasteiger partial charge in [-0.05, 0) is 35.9 Å². The van der Waals surface area contributed by atoms with Crippen LogP contribution in [0.15, 0.2) is 73.2 Å². The van der Waals surface area contributed by atoms with Crippen LogP contribution >= 0.6 is 0 Å². The van der Waals surface area contributed by atoms with E-state index in [1.54, 1.807) is 6.20 Å². The van der Waals surface area contributed by atoms with Gasteiger partial charge in [-0.25, -0.2) is 9.48 Å². The number of morpholine rings is 1. The Morgan fingerprint density at radius 3 is 2.46 bits per heavy atom. The molecule has 0 spiro atoms. The molecule has 5 rings (SSSR count). The molecule has 4 aromatic rings. The molecule has 0 radical (unpaired) electrons. The Kier molecular flexibility index (Phi) is 8.89. The number of nitrogens with one attached hydrogen (secondary N) is 1. The first-order valence-corrected chi connectivity index (χ1v) is 12.1. The lowest BCUT2D eigenvalue weighted by molar-refractivity contribution is -0.192. The van der Waals surface area contributed by atoms with Crippen molar-refractivity contribution in [1.29, 1.82) is 0 Å². The second kappa shape index (κ2) is 12.5. The van der Waals surface area contributed by atoms with E-state index in [1.807, 2.05) is 53.5 Å². The Labute approximate surface area is 221 Å². The molecular weight excluding hydrogens is 515 g/mol. The zero-order valence-electron chi connectivity index (χ0n) is 20.8. The van der Waals surface area contributed by atoms with E-state index in [0.717, 1.165) is 60.6 Å². The molecule has 1 aliphatic rings. The molecule has 1 saturated heterocycles. The van der Waals surface area contributed by atoms with E-state index in [9.17, 15) is 18.0 Å². The first-order valence-electron chi connectivity index (χ1n) is 12.1. The second-order valence-corrected chi connectivity index (χ2v) is 8.63. The average molecular weight is 542 g/mol. The summed E-state index contributed by atoms with van der Waals surface area (Å²) in [6.45, 7) is 4.79. The van der Waals surface area contributed by atoms with Crippen LogP contribution in [-0.4, -0.2) is 82.2 Å². The molecule has 9 nitrogen and oxygen atoms in total. The molecule has 0 atom stereocenters. The van der Waals surface area contributed by atoms with Gasteiger partial charge in [0, 0.05) is 55.1 Å². The largest absolute Gasteiger partial charge is 0.490 e. The maximum absolute atomic E-state index is 12.7. The number of hydrogen-bond acceptors (Lipinski definition) is 6. The monoisotopic (exact) mass is 541 g/mol. The number of carbonyl (C=O) groups excluding carboxylic acids is 1. The summed E-state index contributed by atoms with van der Waals surface area (Å²) in [6.07, 6.45) is 0.380. The molecule has 39 heavy (non-hydrogen) atoms. The number of carboxylic acid groups (broad SMARTS) is 1. The predicted molar refractivity (Wildman–Crippen MR) is 138 cm³/mol. The van der Waals surface area contributed by atoms with E-state index >= 15 is 0 Å². The maximum atomic E-state index is 12.7. The average Bonchev–Trinajstić information content (AvgIpc) is 3.37. The van der Waals surface area contributed by atoms with Crippen LogP contribution in [0.4, 0.5) is 13.2 Å². The zero-order valence-corrected chi connectivity index (χ0v) is 20.8. The van der Waals surface area contributed by atoms with Crippen molar-refractivity contribution in [3.8, 4) is 16.8 Å². The molecule has 0 saturated carbocycles. The first-order chi connectivity index (χ1) is 18.7. The van der Waals surface area contributed by atoms with Crippen LogP contribution in [0.2, 0.25) is 0 Å². The Morgan fingerprint density at radius 2 is 1.77 bits per heavy atom. The number of fused-ring (bicyclic) bond motifs is 1. The minimum atomic E-state index is -5.08. The van der Waals surface area contributed by atoms with Crippen molar-refractivity contribution < 1.29 is 32.6 Å². The smallest absolute Gasteiger partial charge is 0.475 e. The zero-order chi connectivity index (χ0) is 27.8. The van der Waals surface area contributed by atoms with Crippen molar-refractivity contribution in [2.24, 2.45) is 0 Å².